The third-order valence-electron chi connectivity index (χ3n) is 8.20. The summed E-state index contributed by atoms with van der Waals surface area (Å²) in [4.78, 5) is 66.5. The number of likely N-dealkylation sites (tertiary alicyclic amines) is 1. The number of benzene rings is 1. The molecule has 6 rings (SSSR count). The number of halogens is 1. The molecule has 4 aliphatic rings. The Morgan fingerprint density at radius 3 is 2.63 bits per heavy atom. The molecule has 3 saturated heterocycles. The molecule has 4 aliphatic heterocycles. The van der Waals surface area contributed by atoms with Crippen molar-refractivity contribution in [3.63, 3.8) is 0 Å². The number of morpholine rings is 1. The van der Waals surface area contributed by atoms with E-state index < -0.39 is 53.3 Å². The highest BCUT2D eigenvalue weighted by Crippen LogP contribution is 2.50. The molecule has 0 radical (unpaired) electrons. The van der Waals surface area contributed by atoms with Crippen LogP contribution in [-0.2, 0) is 30.3 Å². The Morgan fingerprint density at radius 2 is 1.95 bits per heavy atom. The molecule has 11 nitrogen and oxygen atoms in total. The van der Waals surface area contributed by atoms with Crippen LogP contribution in [0.3, 0.4) is 0 Å². The molecular formula is C26H27FN4O7. The number of nitrogens with zero attached hydrogens (tertiary/aromatic N) is 3. The molecule has 200 valence electrons. The van der Waals surface area contributed by atoms with E-state index in [1.54, 1.807) is 17.9 Å². The van der Waals surface area contributed by atoms with Crippen molar-refractivity contribution in [2.45, 2.75) is 58.3 Å². The van der Waals surface area contributed by atoms with E-state index in [0.29, 0.717) is 25.1 Å². The van der Waals surface area contributed by atoms with Gasteiger partial charge in [0, 0.05) is 32.0 Å². The van der Waals surface area contributed by atoms with Crippen molar-refractivity contribution in [2.75, 3.05) is 24.5 Å². The SMILES string of the molecule is CC(=O)CC1CN(C(=O)c2noc3c(F)c4c(cc23)CC2(C(=O)CC(=O)NC2=O)[C@H]2[C@H](C)O[C@H](C)CN42)C1. The molecule has 2 aromatic rings. The van der Waals surface area contributed by atoms with Crippen molar-refractivity contribution < 1.29 is 37.6 Å². The number of imide groups is 1. The predicted molar refractivity (Wildman–Crippen MR) is 129 cm³/mol. The van der Waals surface area contributed by atoms with Gasteiger partial charge in [0.05, 0.1) is 35.7 Å². The fraction of sp³-hybridized carbons (Fsp3) is 0.538. The maximum absolute atomic E-state index is 16.1. The van der Waals surface area contributed by atoms with Gasteiger partial charge in [-0.25, -0.2) is 4.39 Å². The predicted octanol–water partition coefficient (Wildman–Crippen LogP) is 1.16. The Labute approximate surface area is 216 Å². The van der Waals surface area contributed by atoms with Crippen molar-refractivity contribution in [3.8, 4) is 0 Å². The highest BCUT2D eigenvalue weighted by atomic mass is 19.1. The molecule has 1 N–H and O–H groups in total. The Hall–Kier alpha value is -3.67. The summed E-state index contributed by atoms with van der Waals surface area (Å²) in [7, 11) is 0. The number of piperidine rings is 1. The van der Waals surface area contributed by atoms with Crippen LogP contribution in [-0.4, -0.2) is 77.2 Å². The quantitative estimate of drug-likeness (QED) is 0.461. The van der Waals surface area contributed by atoms with Crippen molar-refractivity contribution >= 4 is 45.9 Å². The summed E-state index contributed by atoms with van der Waals surface area (Å²) in [5.41, 5.74) is -1.41. The van der Waals surface area contributed by atoms with Crippen LogP contribution in [0.2, 0.25) is 0 Å². The number of hydrogen-bond acceptors (Lipinski definition) is 9. The minimum absolute atomic E-state index is 0.0460. The average molecular weight is 527 g/mol. The summed E-state index contributed by atoms with van der Waals surface area (Å²) in [5, 5.41) is 6.33. The fourth-order valence-electron chi connectivity index (χ4n) is 6.72. The standard InChI is InChI=1S/C26H27FN4O7/c1-11(32)4-14-9-30(10-14)24(35)20-16-5-15-7-26(17(33)6-18(34)28-25(26)36)23-13(3)37-12(2)8-31(23)21(15)19(27)22(16)38-29-20/h5,12-14,23H,4,6-10H2,1-3H3,(H,28,34,36)/t12-,13+,23-,26?/m1/s1. The summed E-state index contributed by atoms with van der Waals surface area (Å²) >= 11 is 0. The van der Waals surface area contributed by atoms with Crippen molar-refractivity contribution in [2.24, 2.45) is 11.3 Å². The average Bonchev–Trinajstić information content (AvgIpc) is 3.22. The van der Waals surface area contributed by atoms with Gasteiger partial charge >= 0.3 is 0 Å². The Bertz CT molecular complexity index is 1410. The van der Waals surface area contributed by atoms with Crippen molar-refractivity contribution in [1.82, 2.24) is 15.4 Å². The van der Waals surface area contributed by atoms with Gasteiger partial charge in [-0.2, -0.15) is 0 Å². The second kappa shape index (κ2) is 8.42. The van der Waals surface area contributed by atoms with Gasteiger partial charge in [0.15, 0.2) is 17.3 Å². The van der Waals surface area contributed by atoms with Gasteiger partial charge in [-0.1, -0.05) is 5.16 Å². The molecule has 12 heteroatoms. The number of nitrogens with one attached hydrogen (secondary N) is 1. The van der Waals surface area contributed by atoms with Gasteiger partial charge in [0.1, 0.15) is 11.2 Å². The monoisotopic (exact) mass is 526 g/mol. The van der Waals surface area contributed by atoms with E-state index in [9.17, 15) is 24.0 Å². The summed E-state index contributed by atoms with van der Waals surface area (Å²) < 4.78 is 27.5. The first kappa shape index (κ1) is 24.7. The number of amides is 3. The lowest BCUT2D eigenvalue weighted by molar-refractivity contribution is -0.158. The molecule has 3 amide bonds. The highest BCUT2D eigenvalue weighted by Gasteiger charge is 2.62. The lowest BCUT2D eigenvalue weighted by atomic mass is 9.63. The summed E-state index contributed by atoms with van der Waals surface area (Å²) in [6, 6.07) is 0.714. The molecule has 1 aromatic carbocycles. The lowest BCUT2D eigenvalue weighted by Crippen LogP contribution is -2.72. The highest BCUT2D eigenvalue weighted by molar-refractivity contribution is 6.22. The van der Waals surface area contributed by atoms with E-state index in [4.69, 9.17) is 9.26 Å². The van der Waals surface area contributed by atoms with E-state index >= 15 is 4.39 Å². The second-order valence-electron chi connectivity index (χ2n) is 11.0. The maximum Gasteiger partial charge on any atom is 0.276 e. The largest absolute Gasteiger partial charge is 0.372 e. The molecule has 0 saturated carbocycles. The zero-order valence-corrected chi connectivity index (χ0v) is 21.2. The van der Waals surface area contributed by atoms with E-state index in [1.165, 1.54) is 11.8 Å². The smallest absolute Gasteiger partial charge is 0.276 e. The number of anilines is 1. The Kier molecular flexibility index (Phi) is 5.46. The number of rotatable bonds is 3. The summed E-state index contributed by atoms with van der Waals surface area (Å²) in [6.45, 7) is 6.02. The first-order valence-corrected chi connectivity index (χ1v) is 12.7. The zero-order chi connectivity index (χ0) is 27.1. The molecule has 0 aliphatic carbocycles. The van der Waals surface area contributed by atoms with Crippen molar-refractivity contribution in [1.29, 1.82) is 0 Å². The first-order chi connectivity index (χ1) is 18.0. The lowest BCUT2D eigenvalue weighted by Gasteiger charge is -2.55. The van der Waals surface area contributed by atoms with Gasteiger partial charge in [0.25, 0.3) is 5.91 Å². The number of ether oxygens (including phenoxy) is 1. The van der Waals surface area contributed by atoms with Crippen LogP contribution in [0.1, 0.15) is 49.7 Å². The third kappa shape index (κ3) is 3.42. The van der Waals surface area contributed by atoms with E-state index in [-0.39, 0.29) is 53.1 Å². The van der Waals surface area contributed by atoms with E-state index in [1.807, 2.05) is 6.92 Å². The molecular weight excluding hydrogens is 499 g/mol. The van der Waals surface area contributed by atoms with E-state index in [2.05, 4.69) is 10.5 Å². The molecule has 38 heavy (non-hydrogen) atoms. The van der Waals surface area contributed by atoms with Gasteiger partial charge in [-0.3, -0.25) is 24.5 Å². The summed E-state index contributed by atoms with van der Waals surface area (Å²) in [6.07, 6.45) is -1.20. The maximum atomic E-state index is 16.1. The zero-order valence-electron chi connectivity index (χ0n) is 21.2. The molecule has 1 spiro atoms. The first-order valence-electron chi connectivity index (χ1n) is 12.7. The van der Waals surface area contributed by atoms with Crippen LogP contribution in [0.15, 0.2) is 10.6 Å². The number of fused-ring (bicyclic) bond motifs is 5. The number of hydrogen-bond donors (Lipinski definition) is 1. The molecule has 0 bridgehead atoms. The van der Waals surface area contributed by atoms with Crippen LogP contribution >= 0.6 is 0 Å². The second-order valence-corrected chi connectivity index (χ2v) is 11.0. The number of Topliss-reactive ketones (excluding diaryl/α,β-unsaturated/α-hetero) is 2. The van der Waals surface area contributed by atoms with Gasteiger partial charge in [0.2, 0.25) is 17.4 Å². The molecule has 1 unspecified atom stereocenters. The van der Waals surface area contributed by atoms with Crippen LogP contribution in [0.5, 0.6) is 0 Å². The van der Waals surface area contributed by atoms with Crippen LogP contribution < -0.4 is 10.2 Å². The van der Waals surface area contributed by atoms with Crippen LogP contribution in [0, 0.1) is 17.2 Å². The van der Waals surface area contributed by atoms with Crippen LogP contribution in [0.4, 0.5) is 10.1 Å². The van der Waals surface area contributed by atoms with E-state index in [0.717, 1.165) is 0 Å². The Morgan fingerprint density at radius 1 is 1.21 bits per heavy atom. The fourth-order valence-corrected chi connectivity index (χ4v) is 6.72. The number of aromatic nitrogens is 1. The minimum Gasteiger partial charge on any atom is -0.372 e. The van der Waals surface area contributed by atoms with Crippen molar-refractivity contribution in [3.05, 3.63) is 23.1 Å². The minimum atomic E-state index is -1.67. The Balaban J connectivity index is 1.45. The molecule has 5 heterocycles. The normalized spacial score (nSPS) is 29.3. The van der Waals surface area contributed by atoms with Gasteiger partial charge < -0.3 is 23.9 Å². The number of ketones is 2. The molecule has 4 atom stereocenters. The van der Waals surface area contributed by atoms with Crippen LogP contribution in [0.25, 0.3) is 11.0 Å². The molecule has 1 aromatic heterocycles. The summed E-state index contributed by atoms with van der Waals surface area (Å²) in [5.74, 6) is -3.02. The number of carbonyl (C=O) groups is 5. The number of carbonyl (C=O) groups excluding carboxylic acids is 5. The van der Waals surface area contributed by atoms with Gasteiger partial charge in [-0.15, -0.1) is 0 Å². The molecule has 3 fully saturated rings. The van der Waals surface area contributed by atoms with Gasteiger partial charge in [-0.05, 0) is 38.8 Å². The third-order valence-corrected chi connectivity index (χ3v) is 8.20. The topological polar surface area (TPSA) is 139 Å².